The summed E-state index contributed by atoms with van der Waals surface area (Å²) < 4.78 is 0. The number of ketones is 1. The Morgan fingerprint density at radius 3 is 2.29 bits per heavy atom. The Morgan fingerprint density at radius 2 is 1.71 bits per heavy atom. The highest BCUT2D eigenvalue weighted by Crippen LogP contribution is 2.25. The molecule has 1 saturated carbocycles. The van der Waals surface area contributed by atoms with E-state index in [-0.39, 0.29) is 5.78 Å². The Kier molecular flexibility index (Phi) is 4.64. The Morgan fingerprint density at radius 1 is 1.07 bits per heavy atom. The van der Waals surface area contributed by atoms with E-state index in [2.05, 4.69) is 13.0 Å². The number of rotatable bonds is 3. The zero-order valence-electron chi connectivity index (χ0n) is 9.25. The first-order chi connectivity index (χ1) is 6.68. The molecule has 0 aromatic carbocycles. The normalized spacial score (nSPS) is 20.3. The van der Waals surface area contributed by atoms with Crippen LogP contribution in [0.5, 0.6) is 0 Å². The molecule has 1 nitrogen and oxygen atoms in total. The minimum Gasteiger partial charge on any atom is -0.295 e. The number of carbonyl (C=O) groups excluding carboxylic acids is 1. The highest BCUT2D eigenvalue weighted by Gasteiger charge is 2.10. The lowest BCUT2D eigenvalue weighted by molar-refractivity contribution is -0.112. The summed E-state index contributed by atoms with van der Waals surface area (Å²) in [6.07, 6.45) is 12.7. The molecule has 1 rings (SSSR count). The Hall–Kier alpha value is -0.850. The van der Waals surface area contributed by atoms with Crippen LogP contribution in [-0.2, 0) is 4.79 Å². The standard InChI is InChI=1S/C13H20O/c1-11(8-9-12(2)14)10-13-6-4-3-5-7-13/h8-10,13H,3-7H2,1-2H3/b9-8+,11-10+. The lowest BCUT2D eigenvalue weighted by Crippen LogP contribution is -2.03. The van der Waals surface area contributed by atoms with Crippen LogP contribution in [0.15, 0.2) is 23.8 Å². The van der Waals surface area contributed by atoms with E-state index in [1.165, 1.54) is 37.7 Å². The van der Waals surface area contributed by atoms with Crippen molar-refractivity contribution in [2.45, 2.75) is 46.0 Å². The van der Waals surface area contributed by atoms with Gasteiger partial charge in [0.1, 0.15) is 0 Å². The molecule has 0 spiro atoms. The van der Waals surface area contributed by atoms with E-state index in [1.807, 2.05) is 6.08 Å². The SMILES string of the molecule is CC(=O)/C=C/C(C)=C/C1CCCCC1. The van der Waals surface area contributed by atoms with Crippen LogP contribution < -0.4 is 0 Å². The summed E-state index contributed by atoms with van der Waals surface area (Å²) in [4.78, 5) is 10.7. The third-order valence-corrected chi connectivity index (χ3v) is 2.73. The van der Waals surface area contributed by atoms with Crippen LogP contribution in [0.3, 0.4) is 0 Å². The van der Waals surface area contributed by atoms with E-state index in [0.29, 0.717) is 0 Å². The predicted octanol–water partition coefficient (Wildman–Crippen LogP) is 3.66. The molecule has 1 aliphatic rings. The van der Waals surface area contributed by atoms with E-state index in [4.69, 9.17) is 0 Å². The number of hydrogen-bond donors (Lipinski definition) is 0. The first-order valence-corrected chi connectivity index (χ1v) is 5.55. The van der Waals surface area contributed by atoms with Crippen LogP contribution in [0.4, 0.5) is 0 Å². The smallest absolute Gasteiger partial charge is 0.152 e. The van der Waals surface area contributed by atoms with Gasteiger partial charge in [0.2, 0.25) is 0 Å². The van der Waals surface area contributed by atoms with Crippen LogP contribution in [-0.4, -0.2) is 5.78 Å². The van der Waals surface area contributed by atoms with Crippen molar-refractivity contribution >= 4 is 5.78 Å². The van der Waals surface area contributed by atoms with Crippen molar-refractivity contribution < 1.29 is 4.79 Å². The highest BCUT2D eigenvalue weighted by molar-refractivity contribution is 5.87. The summed E-state index contributed by atoms with van der Waals surface area (Å²) in [5.41, 5.74) is 1.23. The molecule has 0 amide bonds. The van der Waals surface area contributed by atoms with Gasteiger partial charge in [-0.1, -0.05) is 37.0 Å². The third kappa shape index (κ3) is 4.40. The van der Waals surface area contributed by atoms with Gasteiger partial charge in [0.05, 0.1) is 0 Å². The minimum atomic E-state index is 0.126. The molecule has 1 heteroatoms. The quantitative estimate of drug-likeness (QED) is 0.492. The van der Waals surface area contributed by atoms with Crippen LogP contribution in [0.25, 0.3) is 0 Å². The maximum atomic E-state index is 10.7. The lowest BCUT2D eigenvalue weighted by atomic mass is 9.88. The zero-order chi connectivity index (χ0) is 10.4. The van der Waals surface area contributed by atoms with Gasteiger partial charge < -0.3 is 0 Å². The maximum absolute atomic E-state index is 10.7. The van der Waals surface area contributed by atoms with Gasteiger partial charge in [-0.05, 0) is 38.7 Å². The summed E-state index contributed by atoms with van der Waals surface area (Å²) >= 11 is 0. The molecule has 0 unspecified atom stereocenters. The minimum absolute atomic E-state index is 0.126. The lowest BCUT2D eigenvalue weighted by Gasteiger charge is -2.18. The molecule has 14 heavy (non-hydrogen) atoms. The largest absolute Gasteiger partial charge is 0.295 e. The topological polar surface area (TPSA) is 17.1 Å². The van der Waals surface area contributed by atoms with Crippen LogP contribution in [0, 0.1) is 5.92 Å². The predicted molar refractivity (Wildman–Crippen MR) is 60.2 cm³/mol. The van der Waals surface area contributed by atoms with E-state index >= 15 is 0 Å². The average molecular weight is 192 g/mol. The molecule has 0 heterocycles. The van der Waals surface area contributed by atoms with Crippen molar-refractivity contribution in [3.05, 3.63) is 23.8 Å². The highest BCUT2D eigenvalue weighted by atomic mass is 16.1. The van der Waals surface area contributed by atoms with Crippen LogP contribution in [0.1, 0.15) is 46.0 Å². The molecule has 0 aromatic heterocycles. The van der Waals surface area contributed by atoms with Gasteiger partial charge >= 0.3 is 0 Å². The fourth-order valence-corrected chi connectivity index (χ4v) is 1.98. The molecule has 0 aromatic rings. The Bertz CT molecular complexity index is 242. The molecule has 0 aliphatic heterocycles. The van der Waals surface area contributed by atoms with Crippen molar-refractivity contribution in [1.29, 1.82) is 0 Å². The van der Waals surface area contributed by atoms with Gasteiger partial charge in [-0.3, -0.25) is 4.79 Å². The fraction of sp³-hybridized carbons (Fsp3) is 0.615. The zero-order valence-corrected chi connectivity index (χ0v) is 9.25. The summed E-state index contributed by atoms with van der Waals surface area (Å²) in [7, 11) is 0. The van der Waals surface area contributed by atoms with Crippen molar-refractivity contribution in [1.82, 2.24) is 0 Å². The molecule has 0 bridgehead atoms. The molecule has 0 radical (unpaired) electrons. The maximum Gasteiger partial charge on any atom is 0.152 e. The van der Waals surface area contributed by atoms with Crippen LogP contribution in [0.2, 0.25) is 0 Å². The van der Waals surface area contributed by atoms with Crippen molar-refractivity contribution in [2.75, 3.05) is 0 Å². The average Bonchev–Trinajstić information content (AvgIpc) is 2.16. The molecule has 0 saturated heterocycles. The molecule has 78 valence electrons. The summed E-state index contributed by atoms with van der Waals surface area (Å²) in [5.74, 6) is 0.877. The molecule has 1 fully saturated rings. The second kappa shape index (κ2) is 5.79. The molecule has 0 atom stereocenters. The van der Waals surface area contributed by atoms with Gasteiger partial charge in [-0.25, -0.2) is 0 Å². The fourth-order valence-electron chi connectivity index (χ4n) is 1.98. The van der Waals surface area contributed by atoms with Gasteiger partial charge in [-0.2, -0.15) is 0 Å². The monoisotopic (exact) mass is 192 g/mol. The summed E-state index contributed by atoms with van der Waals surface area (Å²) in [6.45, 7) is 3.67. The summed E-state index contributed by atoms with van der Waals surface area (Å²) in [6, 6.07) is 0. The molecule has 0 N–H and O–H groups in total. The molecular weight excluding hydrogens is 172 g/mol. The van der Waals surface area contributed by atoms with E-state index in [0.717, 1.165) is 5.92 Å². The van der Waals surface area contributed by atoms with E-state index < -0.39 is 0 Å². The number of hydrogen-bond acceptors (Lipinski definition) is 1. The van der Waals surface area contributed by atoms with Crippen LogP contribution >= 0.6 is 0 Å². The van der Waals surface area contributed by atoms with Gasteiger partial charge in [0.25, 0.3) is 0 Å². The molecule has 1 aliphatic carbocycles. The van der Waals surface area contributed by atoms with E-state index in [1.54, 1.807) is 13.0 Å². The van der Waals surface area contributed by atoms with Gasteiger partial charge in [0.15, 0.2) is 5.78 Å². The van der Waals surface area contributed by atoms with Gasteiger partial charge in [0, 0.05) is 0 Å². The first-order valence-electron chi connectivity index (χ1n) is 5.55. The summed E-state index contributed by atoms with van der Waals surface area (Å²) in [5, 5.41) is 0. The van der Waals surface area contributed by atoms with Gasteiger partial charge in [-0.15, -0.1) is 0 Å². The Labute approximate surface area is 86.9 Å². The Balaban J connectivity index is 2.44. The second-order valence-corrected chi connectivity index (χ2v) is 4.25. The molecular formula is C13H20O. The van der Waals surface area contributed by atoms with Crippen molar-refractivity contribution in [2.24, 2.45) is 5.92 Å². The third-order valence-electron chi connectivity index (χ3n) is 2.73. The van der Waals surface area contributed by atoms with E-state index in [9.17, 15) is 4.79 Å². The van der Waals surface area contributed by atoms with Crippen molar-refractivity contribution in [3.8, 4) is 0 Å². The number of carbonyl (C=O) groups is 1. The van der Waals surface area contributed by atoms with Crippen molar-refractivity contribution in [3.63, 3.8) is 0 Å². The second-order valence-electron chi connectivity index (χ2n) is 4.25. The first kappa shape index (κ1) is 11.2. The number of allylic oxidation sites excluding steroid dienone is 4.